The van der Waals surface area contributed by atoms with Crippen LogP contribution in [0.3, 0.4) is 0 Å². The molecule has 0 N–H and O–H groups in total. The fourth-order valence-corrected chi connectivity index (χ4v) is 4.89. The van der Waals surface area contributed by atoms with Crippen LogP contribution in [-0.2, 0) is 10.0 Å². The molecule has 0 saturated carbocycles. The molecule has 0 saturated heterocycles. The van der Waals surface area contributed by atoms with Gasteiger partial charge in [-0.15, -0.1) is 11.6 Å². The normalized spacial score (nSPS) is 12.4. The monoisotopic (exact) mass is 375 g/mol. The van der Waals surface area contributed by atoms with Crippen LogP contribution in [0.4, 0.5) is 4.39 Å². The number of hydrogen-bond donors (Lipinski definition) is 0. The van der Waals surface area contributed by atoms with E-state index in [1.165, 1.54) is 16.4 Å². The van der Waals surface area contributed by atoms with Crippen LogP contribution in [0, 0.1) is 5.82 Å². The van der Waals surface area contributed by atoms with Crippen LogP contribution in [0.25, 0.3) is 0 Å². The van der Waals surface area contributed by atoms with E-state index < -0.39 is 20.9 Å². The van der Waals surface area contributed by atoms with Gasteiger partial charge in [0.15, 0.2) is 5.82 Å². The van der Waals surface area contributed by atoms with E-state index in [1.807, 2.05) is 13.8 Å². The van der Waals surface area contributed by atoms with Gasteiger partial charge in [-0.3, -0.25) is 0 Å². The quantitative estimate of drug-likeness (QED) is 0.517. The van der Waals surface area contributed by atoms with Gasteiger partial charge in [-0.2, -0.15) is 4.31 Å². The number of rotatable bonds is 7. The molecule has 0 aromatic heterocycles. The third-order valence-electron chi connectivity index (χ3n) is 3.24. The summed E-state index contributed by atoms with van der Waals surface area (Å²) in [5.41, 5.74) is 0. The molecule has 0 radical (unpaired) electrons. The lowest BCUT2D eigenvalue weighted by Gasteiger charge is -2.29. The fraction of sp³-hybridized carbons (Fsp3) is 0.538. The molecular formula is C13H17Cl3FNO2S. The van der Waals surface area contributed by atoms with Gasteiger partial charge in [0.25, 0.3) is 0 Å². The Hall–Kier alpha value is -0.0700. The number of halogens is 4. The Kier molecular flexibility index (Phi) is 7.20. The zero-order chi connectivity index (χ0) is 16.2. The molecule has 0 atom stereocenters. The number of alkyl halides is 1. The van der Waals surface area contributed by atoms with Gasteiger partial charge in [0.2, 0.25) is 10.0 Å². The second kappa shape index (κ2) is 7.97. The predicted octanol–water partition coefficient (Wildman–Crippen LogP) is 4.55. The van der Waals surface area contributed by atoms with E-state index in [0.717, 1.165) is 0 Å². The Morgan fingerprint density at radius 1 is 1.24 bits per heavy atom. The average Bonchev–Trinajstić information content (AvgIpc) is 2.44. The van der Waals surface area contributed by atoms with Crippen molar-refractivity contribution in [3.05, 3.63) is 28.0 Å². The van der Waals surface area contributed by atoms with Crippen LogP contribution in [0.5, 0.6) is 0 Å². The smallest absolute Gasteiger partial charge is 0.207 e. The van der Waals surface area contributed by atoms with Gasteiger partial charge in [0, 0.05) is 18.5 Å². The van der Waals surface area contributed by atoms with Crippen molar-refractivity contribution >= 4 is 44.8 Å². The highest BCUT2D eigenvalue weighted by atomic mass is 35.5. The Bertz CT molecular complexity index is 591. The molecular weight excluding hydrogens is 360 g/mol. The predicted molar refractivity (Wildman–Crippen MR) is 85.4 cm³/mol. The molecule has 0 fully saturated rings. The zero-order valence-electron chi connectivity index (χ0n) is 11.7. The van der Waals surface area contributed by atoms with Crippen molar-refractivity contribution in [1.29, 1.82) is 0 Å². The highest BCUT2D eigenvalue weighted by Crippen LogP contribution is 2.32. The number of nitrogens with zero attached hydrogens (tertiary/aromatic N) is 1. The number of hydrogen-bond acceptors (Lipinski definition) is 2. The lowest BCUT2D eigenvalue weighted by Crippen LogP contribution is -2.41. The molecule has 0 bridgehead atoms. The molecule has 3 nitrogen and oxygen atoms in total. The van der Waals surface area contributed by atoms with E-state index in [9.17, 15) is 12.8 Å². The van der Waals surface area contributed by atoms with Gasteiger partial charge >= 0.3 is 0 Å². The maximum atomic E-state index is 13.8. The maximum absolute atomic E-state index is 13.8. The van der Waals surface area contributed by atoms with Crippen molar-refractivity contribution in [1.82, 2.24) is 4.31 Å². The molecule has 1 aromatic carbocycles. The SMILES string of the molecule is CCC(CC)N(CCCl)S(=O)(=O)c1ccc(Cl)c(F)c1Cl. The first-order valence-electron chi connectivity index (χ1n) is 6.52. The van der Waals surface area contributed by atoms with E-state index in [1.54, 1.807) is 0 Å². The molecule has 0 unspecified atom stereocenters. The summed E-state index contributed by atoms with van der Waals surface area (Å²) < 4.78 is 40.5. The van der Waals surface area contributed by atoms with Gasteiger partial charge in [-0.1, -0.05) is 37.0 Å². The van der Waals surface area contributed by atoms with Crippen LogP contribution in [-0.4, -0.2) is 31.2 Å². The first kappa shape index (κ1) is 19.0. The van der Waals surface area contributed by atoms with Crippen molar-refractivity contribution in [3.63, 3.8) is 0 Å². The second-order valence-electron chi connectivity index (χ2n) is 4.45. The Labute approximate surface area is 140 Å². The summed E-state index contributed by atoms with van der Waals surface area (Å²) in [6, 6.07) is 2.18. The molecule has 8 heteroatoms. The number of benzene rings is 1. The van der Waals surface area contributed by atoms with Crippen molar-refractivity contribution in [2.24, 2.45) is 0 Å². The molecule has 0 heterocycles. The molecule has 0 amide bonds. The molecule has 0 spiro atoms. The minimum atomic E-state index is -3.94. The van der Waals surface area contributed by atoms with Gasteiger partial charge in [-0.05, 0) is 25.0 Å². The van der Waals surface area contributed by atoms with Crippen molar-refractivity contribution in [2.45, 2.75) is 37.6 Å². The van der Waals surface area contributed by atoms with Gasteiger partial charge in [0.05, 0.1) is 10.0 Å². The first-order chi connectivity index (χ1) is 9.81. The highest BCUT2D eigenvalue weighted by Gasteiger charge is 2.32. The average molecular weight is 377 g/mol. The lowest BCUT2D eigenvalue weighted by molar-refractivity contribution is 0.316. The zero-order valence-corrected chi connectivity index (χ0v) is 14.8. The summed E-state index contributed by atoms with van der Waals surface area (Å²) in [7, 11) is -3.94. The summed E-state index contributed by atoms with van der Waals surface area (Å²) in [4.78, 5) is -0.289. The van der Waals surface area contributed by atoms with E-state index >= 15 is 0 Å². The lowest BCUT2D eigenvalue weighted by atomic mass is 10.2. The molecule has 120 valence electrons. The Balaban J connectivity index is 3.39. The van der Waals surface area contributed by atoms with Crippen LogP contribution >= 0.6 is 34.8 Å². The molecule has 1 aromatic rings. The summed E-state index contributed by atoms with van der Waals surface area (Å²) in [5.74, 6) is -0.793. The van der Waals surface area contributed by atoms with Crippen LogP contribution < -0.4 is 0 Å². The van der Waals surface area contributed by atoms with Crippen molar-refractivity contribution in [2.75, 3.05) is 12.4 Å². The third kappa shape index (κ3) is 4.02. The van der Waals surface area contributed by atoms with E-state index in [0.29, 0.717) is 12.8 Å². The van der Waals surface area contributed by atoms with E-state index in [-0.39, 0.29) is 28.4 Å². The molecule has 0 aliphatic rings. The minimum Gasteiger partial charge on any atom is -0.207 e. The summed E-state index contributed by atoms with van der Waals surface area (Å²) in [6.45, 7) is 3.90. The van der Waals surface area contributed by atoms with E-state index in [2.05, 4.69) is 0 Å². The Morgan fingerprint density at radius 3 is 2.29 bits per heavy atom. The van der Waals surface area contributed by atoms with Crippen molar-refractivity contribution in [3.8, 4) is 0 Å². The van der Waals surface area contributed by atoms with E-state index in [4.69, 9.17) is 34.8 Å². The largest absolute Gasteiger partial charge is 0.244 e. The molecule has 0 aliphatic heterocycles. The standard InChI is InChI=1S/C13H17Cl3FNO2S/c1-3-9(4-2)18(8-7-14)21(19,20)11-6-5-10(15)13(17)12(11)16/h5-6,9H,3-4,7-8H2,1-2H3. The van der Waals surface area contributed by atoms with Crippen LogP contribution in [0.1, 0.15) is 26.7 Å². The Morgan fingerprint density at radius 2 is 1.81 bits per heavy atom. The van der Waals surface area contributed by atoms with Crippen molar-refractivity contribution < 1.29 is 12.8 Å². The van der Waals surface area contributed by atoms with Gasteiger partial charge < -0.3 is 0 Å². The number of sulfonamides is 1. The van der Waals surface area contributed by atoms with Gasteiger partial charge in [0.1, 0.15) is 4.90 Å². The van der Waals surface area contributed by atoms with Gasteiger partial charge in [-0.25, -0.2) is 12.8 Å². The topological polar surface area (TPSA) is 37.4 Å². The third-order valence-corrected chi connectivity index (χ3v) is 6.18. The summed E-state index contributed by atoms with van der Waals surface area (Å²) >= 11 is 17.1. The second-order valence-corrected chi connectivity index (χ2v) is 7.47. The highest BCUT2D eigenvalue weighted by molar-refractivity contribution is 7.89. The minimum absolute atomic E-state index is 0.136. The van der Waals surface area contributed by atoms with Crippen LogP contribution in [0.15, 0.2) is 17.0 Å². The molecule has 0 aliphatic carbocycles. The summed E-state index contributed by atoms with van der Waals surface area (Å²) in [6.07, 6.45) is 1.25. The maximum Gasteiger partial charge on any atom is 0.244 e. The molecule has 1 rings (SSSR count). The summed E-state index contributed by atoms with van der Waals surface area (Å²) in [5, 5.41) is -0.710. The fourth-order valence-electron chi connectivity index (χ4n) is 2.11. The first-order valence-corrected chi connectivity index (χ1v) is 9.25. The van der Waals surface area contributed by atoms with Crippen LogP contribution in [0.2, 0.25) is 10.0 Å². The molecule has 21 heavy (non-hydrogen) atoms.